The van der Waals surface area contributed by atoms with Crippen LogP contribution in [0.5, 0.6) is 0 Å². The van der Waals surface area contributed by atoms with Crippen LogP contribution in [0.3, 0.4) is 0 Å². The van der Waals surface area contributed by atoms with E-state index in [9.17, 15) is 0 Å². The molecule has 27 heavy (non-hydrogen) atoms. The number of piperidine rings is 1. The smallest absolute Gasteiger partial charge is 0.190 e. The summed E-state index contributed by atoms with van der Waals surface area (Å²) in [5.41, 5.74) is 0. The molecule has 0 bridgehead atoms. The molecular formula is C21H42N4O2. The predicted molar refractivity (Wildman–Crippen MR) is 112 cm³/mol. The maximum Gasteiger partial charge on any atom is 0.190 e. The van der Waals surface area contributed by atoms with E-state index in [1.54, 1.807) is 0 Å². The maximum atomic E-state index is 5.69. The first kappa shape index (κ1) is 22.4. The van der Waals surface area contributed by atoms with Crippen molar-refractivity contribution in [1.29, 1.82) is 0 Å². The molecule has 0 aromatic carbocycles. The van der Waals surface area contributed by atoms with Crippen LogP contribution in [0.1, 0.15) is 52.4 Å². The van der Waals surface area contributed by atoms with E-state index in [1.807, 2.05) is 7.05 Å². The molecule has 3 atom stereocenters. The average molecular weight is 383 g/mol. The van der Waals surface area contributed by atoms with Crippen LogP contribution in [0.25, 0.3) is 0 Å². The Balaban J connectivity index is 1.42. The minimum atomic E-state index is 0.323. The Morgan fingerprint density at radius 3 is 2.52 bits per heavy atom. The molecule has 0 radical (unpaired) electrons. The summed E-state index contributed by atoms with van der Waals surface area (Å²) < 4.78 is 11.2. The van der Waals surface area contributed by atoms with Gasteiger partial charge in [0.25, 0.3) is 0 Å². The fourth-order valence-corrected chi connectivity index (χ4v) is 4.23. The topological polar surface area (TPSA) is 58.1 Å². The number of guanidine groups is 1. The summed E-state index contributed by atoms with van der Waals surface area (Å²) in [4.78, 5) is 6.94. The van der Waals surface area contributed by atoms with Crippen molar-refractivity contribution in [2.45, 2.75) is 58.5 Å². The van der Waals surface area contributed by atoms with Gasteiger partial charge in [-0.05, 0) is 56.9 Å². The lowest BCUT2D eigenvalue weighted by Gasteiger charge is -2.34. The summed E-state index contributed by atoms with van der Waals surface area (Å²) in [5, 5.41) is 6.79. The van der Waals surface area contributed by atoms with E-state index in [-0.39, 0.29) is 0 Å². The average Bonchev–Trinajstić information content (AvgIpc) is 3.15. The molecule has 3 unspecified atom stereocenters. The van der Waals surface area contributed by atoms with Crippen molar-refractivity contribution in [1.82, 2.24) is 15.5 Å². The Hall–Kier alpha value is -0.850. The van der Waals surface area contributed by atoms with Gasteiger partial charge < -0.3 is 25.0 Å². The predicted octanol–water partition coefficient (Wildman–Crippen LogP) is 2.50. The fraction of sp³-hybridized carbons (Fsp3) is 0.952. The molecular weight excluding hydrogens is 340 g/mol. The molecule has 2 rings (SSSR count). The molecule has 0 amide bonds. The van der Waals surface area contributed by atoms with Gasteiger partial charge in [0.15, 0.2) is 5.96 Å². The van der Waals surface area contributed by atoms with Gasteiger partial charge in [0, 0.05) is 46.4 Å². The molecule has 2 aliphatic heterocycles. The maximum absolute atomic E-state index is 5.69. The molecule has 0 saturated carbocycles. The first-order chi connectivity index (χ1) is 13.2. The highest BCUT2D eigenvalue weighted by molar-refractivity contribution is 5.79. The molecule has 2 heterocycles. The van der Waals surface area contributed by atoms with Crippen LogP contribution in [-0.2, 0) is 9.47 Å². The molecule has 2 saturated heterocycles. The minimum Gasteiger partial charge on any atom is -0.379 e. The Kier molecular flexibility index (Phi) is 11.1. The van der Waals surface area contributed by atoms with E-state index in [2.05, 4.69) is 34.4 Å². The van der Waals surface area contributed by atoms with Crippen LogP contribution >= 0.6 is 0 Å². The second-order valence-corrected chi connectivity index (χ2v) is 8.40. The Bertz CT molecular complexity index is 403. The normalized spacial score (nSPS) is 27.1. The molecule has 158 valence electrons. The zero-order valence-electron chi connectivity index (χ0n) is 17.8. The Morgan fingerprint density at radius 1 is 1.11 bits per heavy atom. The number of aliphatic imine (C=N–C) groups is 1. The van der Waals surface area contributed by atoms with Crippen LogP contribution in [0.2, 0.25) is 0 Å². The SMILES string of the molecule is CN=C(NCCCCN1CC(C)CC(C)C1)NCCCOCC1CCCO1. The lowest BCUT2D eigenvalue weighted by molar-refractivity contribution is 0.0168. The number of ether oxygens (including phenoxy) is 2. The summed E-state index contributed by atoms with van der Waals surface area (Å²) in [6.45, 7) is 12.8. The summed E-state index contributed by atoms with van der Waals surface area (Å²) in [5.74, 6) is 2.60. The monoisotopic (exact) mass is 382 g/mol. The largest absolute Gasteiger partial charge is 0.379 e. The van der Waals surface area contributed by atoms with Crippen molar-refractivity contribution in [2.75, 3.05) is 59.6 Å². The van der Waals surface area contributed by atoms with E-state index in [4.69, 9.17) is 9.47 Å². The van der Waals surface area contributed by atoms with E-state index in [0.717, 1.165) is 63.5 Å². The van der Waals surface area contributed by atoms with E-state index in [0.29, 0.717) is 6.10 Å². The van der Waals surface area contributed by atoms with E-state index < -0.39 is 0 Å². The number of nitrogens with zero attached hydrogens (tertiary/aromatic N) is 2. The van der Waals surface area contributed by atoms with Crippen molar-refractivity contribution in [2.24, 2.45) is 16.8 Å². The Morgan fingerprint density at radius 2 is 1.85 bits per heavy atom. The van der Waals surface area contributed by atoms with Gasteiger partial charge in [0.1, 0.15) is 0 Å². The number of likely N-dealkylation sites (tertiary alicyclic amines) is 1. The van der Waals surface area contributed by atoms with Gasteiger partial charge >= 0.3 is 0 Å². The molecule has 0 aromatic rings. The van der Waals surface area contributed by atoms with Gasteiger partial charge in [0.2, 0.25) is 0 Å². The summed E-state index contributed by atoms with van der Waals surface area (Å²) >= 11 is 0. The zero-order chi connectivity index (χ0) is 19.3. The van der Waals surface area contributed by atoms with Gasteiger partial charge in [-0.3, -0.25) is 4.99 Å². The summed E-state index contributed by atoms with van der Waals surface area (Å²) in [6.07, 6.45) is 7.45. The zero-order valence-corrected chi connectivity index (χ0v) is 17.8. The van der Waals surface area contributed by atoms with Crippen LogP contribution in [0.4, 0.5) is 0 Å². The first-order valence-electron chi connectivity index (χ1n) is 11.0. The van der Waals surface area contributed by atoms with Crippen LogP contribution in [0.15, 0.2) is 4.99 Å². The van der Waals surface area contributed by atoms with Crippen molar-refractivity contribution >= 4 is 5.96 Å². The third kappa shape index (κ3) is 9.77. The van der Waals surface area contributed by atoms with Crippen molar-refractivity contribution in [3.05, 3.63) is 0 Å². The molecule has 0 aliphatic carbocycles. The Labute approximate surface area is 166 Å². The molecule has 2 N–H and O–H groups in total. The number of nitrogens with one attached hydrogen (secondary N) is 2. The van der Waals surface area contributed by atoms with Crippen molar-refractivity contribution in [3.8, 4) is 0 Å². The lowest BCUT2D eigenvalue weighted by atomic mass is 9.92. The third-order valence-corrected chi connectivity index (χ3v) is 5.45. The van der Waals surface area contributed by atoms with E-state index >= 15 is 0 Å². The molecule has 6 nitrogen and oxygen atoms in total. The van der Waals surface area contributed by atoms with Gasteiger partial charge in [0.05, 0.1) is 12.7 Å². The highest BCUT2D eigenvalue weighted by atomic mass is 16.5. The van der Waals surface area contributed by atoms with Gasteiger partial charge in [-0.1, -0.05) is 13.8 Å². The number of unbranched alkanes of at least 4 members (excludes halogenated alkanes) is 1. The highest BCUT2D eigenvalue weighted by Crippen LogP contribution is 2.20. The second-order valence-electron chi connectivity index (χ2n) is 8.40. The first-order valence-corrected chi connectivity index (χ1v) is 11.0. The van der Waals surface area contributed by atoms with Crippen molar-refractivity contribution in [3.63, 3.8) is 0 Å². The minimum absolute atomic E-state index is 0.323. The number of rotatable bonds is 11. The number of hydrogen-bond acceptors (Lipinski definition) is 4. The fourth-order valence-electron chi connectivity index (χ4n) is 4.23. The third-order valence-electron chi connectivity index (χ3n) is 5.45. The van der Waals surface area contributed by atoms with Crippen LogP contribution < -0.4 is 10.6 Å². The van der Waals surface area contributed by atoms with Crippen LogP contribution in [0, 0.1) is 11.8 Å². The molecule has 6 heteroatoms. The van der Waals surface area contributed by atoms with Gasteiger partial charge in [-0.2, -0.15) is 0 Å². The molecule has 0 spiro atoms. The lowest BCUT2D eigenvalue weighted by Crippen LogP contribution is -2.40. The molecule has 0 aromatic heterocycles. The second kappa shape index (κ2) is 13.3. The number of hydrogen-bond donors (Lipinski definition) is 2. The quantitative estimate of drug-likeness (QED) is 0.327. The van der Waals surface area contributed by atoms with Gasteiger partial charge in [-0.25, -0.2) is 0 Å². The summed E-state index contributed by atoms with van der Waals surface area (Å²) in [6, 6.07) is 0. The summed E-state index contributed by atoms with van der Waals surface area (Å²) in [7, 11) is 1.83. The van der Waals surface area contributed by atoms with Crippen LogP contribution in [-0.4, -0.2) is 76.6 Å². The highest BCUT2D eigenvalue weighted by Gasteiger charge is 2.20. The van der Waals surface area contributed by atoms with Crippen molar-refractivity contribution < 1.29 is 9.47 Å². The molecule has 2 aliphatic rings. The van der Waals surface area contributed by atoms with Gasteiger partial charge in [-0.15, -0.1) is 0 Å². The standard InChI is InChI=1S/C21H42N4O2/c1-18-14-19(2)16-25(15-18)11-5-4-9-23-21(22-3)24-10-7-12-26-17-20-8-6-13-27-20/h18-20H,4-17H2,1-3H3,(H2,22,23,24). The molecule has 2 fully saturated rings. The van der Waals surface area contributed by atoms with E-state index in [1.165, 1.54) is 45.3 Å².